The molecule has 0 bridgehead atoms. The van der Waals surface area contributed by atoms with E-state index in [1.807, 2.05) is 17.0 Å². The molecule has 0 aliphatic carbocycles. The molecule has 0 unspecified atom stereocenters. The Morgan fingerprint density at radius 2 is 2.09 bits per heavy atom. The zero-order valence-electron chi connectivity index (χ0n) is 18.0. The van der Waals surface area contributed by atoms with Gasteiger partial charge in [-0.05, 0) is 30.7 Å². The van der Waals surface area contributed by atoms with E-state index in [9.17, 15) is 9.59 Å². The van der Waals surface area contributed by atoms with Gasteiger partial charge >= 0.3 is 5.97 Å². The van der Waals surface area contributed by atoms with Crippen LogP contribution >= 0.6 is 0 Å². The average molecular weight is 436 g/mol. The van der Waals surface area contributed by atoms with Gasteiger partial charge in [0.05, 0.1) is 33.1 Å². The molecule has 0 atom stereocenters. The van der Waals surface area contributed by atoms with E-state index < -0.39 is 0 Å². The lowest BCUT2D eigenvalue weighted by Crippen LogP contribution is -2.36. The number of anilines is 1. The number of hydrogen-bond donors (Lipinski definition) is 1. The van der Waals surface area contributed by atoms with Gasteiger partial charge in [0, 0.05) is 30.8 Å². The van der Waals surface area contributed by atoms with Crippen LogP contribution < -0.4 is 14.8 Å². The minimum absolute atomic E-state index is 0.211. The first-order chi connectivity index (χ1) is 15.6. The predicted octanol–water partition coefficient (Wildman–Crippen LogP) is 2.63. The van der Waals surface area contributed by atoms with Gasteiger partial charge in [0.1, 0.15) is 17.4 Å². The Morgan fingerprint density at radius 1 is 1.22 bits per heavy atom. The van der Waals surface area contributed by atoms with Gasteiger partial charge in [-0.3, -0.25) is 19.6 Å². The minimum atomic E-state index is -0.278. The summed E-state index contributed by atoms with van der Waals surface area (Å²) in [5.41, 5.74) is 1.90. The summed E-state index contributed by atoms with van der Waals surface area (Å²) in [6, 6.07) is 8.95. The summed E-state index contributed by atoms with van der Waals surface area (Å²) in [4.78, 5) is 34.8. The van der Waals surface area contributed by atoms with Crippen molar-refractivity contribution < 1.29 is 23.8 Å². The molecule has 0 fully saturated rings. The van der Waals surface area contributed by atoms with Crippen molar-refractivity contribution in [1.82, 2.24) is 9.88 Å². The Hall–Kier alpha value is -3.88. The molecule has 1 N–H and O–H groups in total. The van der Waals surface area contributed by atoms with Crippen LogP contribution in [0.3, 0.4) is 0 Å². The molecule has 32 heavy (non-hydrogen) atoms. The third-order valence-electron chi connectivity index (χ3n) is 5.15. The zero-order chi connectivity index (χ0) is 22.5. The van der Waals surface area contributed by atoms with E-state index >= 15 is 0 Å². The molecule has 3 heterocycles. The van der Waals surface area contributed by atoms with E-state index in [2.05, 4.69) is 20.0 Å². The van der Waals surface area contributed by atoms with Gasteiger partial charge < -0.3 is 24.4 Å². The third kappa shape index (κ3) is 4.27. The van der Waals surface area contributed by atoms with Gasteiger partial charge in [-0.15, -0.1) is 0 Å². The highest BCUT2D eigenvalue weighted by Crippen LogP contribution is 2.43. The summed E-state index contributed by atoms with van der Waals surface area (Å²) in [5.74, 6) is 1.92. The number of amidine groups is 1. The van der Waals surface area contributed by atoms with Crippen molar-refractivity contribution in [2.24, 2.45) is 4.99 Å². The number of carbonyl (C=O) groups is 2. The number of nitrogens with one attached hydrogen (secondary N) is 1. The number of carbonyl (C=O) groups excluding carboxylic acids is 2. The molecular weight excluding hydrogens is 412 g/mol. The lowest BCUT2D eigenvalue weighted by atomic mass is 10.1. The quantitative estimate of drug-likeness (QED) is 0.292. The molecule has 0 spiro atoms. The van der Waals surface area contributed by atoms with Gasteiger partial charge in [0.2, 0.25) is 5.78 Å². The number of ether oxygens (including phenoxy) is 3. The Labute approximate surface area is 185 Å². The molecule has 166 valence electrons. The molecule has 0 saturated heterocycles. The Bertz CT molecular complexity index is 1080. The average Bonchev–Trinajstić information content (AvgIpc) is 3.32. The van der Waals surface area contributed by atoms with E-state index in [1.165, 1.54) is 13.2 Å². The van der Waals surface area contributed by atoms with Gasteiger partial charge in [0.15, 0.2) is 11.5 Å². The number of methoxy groups -OCH3 is 2. The molecule has 2 aliphatic rings. The first-order valence-electron chi connectivity index (χ1n) is 10.3. The standard InChI is InChI=1S/C23H24N4O5/c1-30-20(29)7-5-13-32-18-9-8-15-21(22(18)31-2)26-19(27-12-11-25-23(15)27)14-17(28)16-6-3-4-10-24-16/h3-4,6,8-10,14,26H,5,7,11-13H2,1-2H3. The normalized spacial score (nSPS) is 15.4. The third-order valence-corrected chi connectivity index (χ3v) is 5.15. The Balaban J connectivity index is 1.62. The number of ketones is 1. The fraction of sp³-hybridized carbons (Fsp3) is 0.304. The molecule has 0 amide bonds. The van der Waals surface area contributed by atoms with Crippen LogP contribution in [0, 0.1) is 0 Å². The van der Waals surface area contributed by atoms with E-state index in [0.717, 1.165) is 11.4 Å². The Morgan fingerprint density at radius 3 is 2.84 bits per heavy atom. The number of pyridine rings is 1. The summed E-state index contributed by atoms with van der Waals surface area (Å²) < 4.78 is 16.2. The summed E-state index contributed by atoms with van der Waals surface area (Å²) in [6.07, 6.45) is 3.90. The number of nitrogens with zero attached hydrogens (tertiary/aromatic N) is 3. The van der Waals surface area contributed by atoms with Crippen LogP contribution in [0.2, 0.25) is 0 Å². The number of fused-ring (bicyclic) bond motifs is 3. The zero-order valence-corrected chi connectivity index (χ0v) is 18.0. The molecule has 0 saturated carbocycles. The fourth-order valence-corrected chi connectivity index (χ4v) is 3.62. The second kappa shape index (κ2) is 9.51. The summed E-state index contributed by atoms with van der Waals surface area (Å²) >= 11 is 0. The molecule has 1 aromatic heterocycles. The molecular formula is C23H24N4O5. The van der Waals surface area contributed by atoms with Crippen LogP contribution in [0.1, 0.15) is 28.9 Å². The smallest absolute Gasteiger partial charge is 0.305 e. The monoisotopic (exact) mass is 436 g/mol. The number of aromatic nitrogens is 1. The fourth-order valence-electron chi connectivity index (χ4n) is 3.62. The van der Waals surface area contributed by atoms with Gasteiger partial charge in [-0.2, -0.15) is 0 Å². The number of aliphatic imine (C=N–C) groups is 1. The number of benzene rings is 1. The molecule has 1 aromatic carbocycles. The Kier molecular flexibility index (Phi) is 6.34. The van der Waals surface area contributed by atoms with Crippen LogP contribution in [-0.2, 0) is 9.53 Å². The maximum atomic E-state index is 12.7. The van der Waals surface area contributed by atoms with Crippen molar-refractivity contribution in [1.29, 1.82) is 0 Å². The predicted molar refractivity (Wildman–Crippen MR) is 118 cm³/mol. The van der Waals surface area contributed by atoms with Crippen molar-refractivity contribution in [2.75, 3.05) is 39.2 Å². The maximum absolute atomic E-state index is 12.7. The molecule has 9 nitrogen and oxygen atoms in total. The van der Waals surface area contributed by atoms with E-state index in [4.69, 9.17) is 9.47 Å². The van der Waals surface area contributed by atoms with Crippen LogP contribution in [0.5, 0.6) is 11.5 Å². The first-order valence-corrected chi connectivity index (χ1v) is 10.3. The summed E-state index contributed by atoms with van der Waals surface area (Å²) in [6.45, 7) is 1.62. The van der Waals surface area contributed by atoms with E-state index in [-0.39, 0.29) is 18.2 Å². The molecule has 2 aromatic rings. The highest BCUT2D eigenvalue weighted by atomic mass is 16.5. The lowest BCUT2D eigenvalue weighted by molar-refractivity contribution is -0.140. The molecule has 2 aliphatic heterocycles. The van der Waals surface area contributed by atoms with E-state index in [1.54, 1.807) is 31.5 Å². The molecule has 4 rings (SSSR count). The largest absolute Gasteiger partial charge is 0.491 e. The maximum Gasteiger partial charge on any atom is 0.305 e. The van der Waals surface area contributed by atoms with Gasteiger partial charge in [-0.25, -0.2) is 0 Å². The number of hydrogen-bond acceptors (Lipinski definition) is 9. The van der Waals surface area contributed by atoms with Crippen LogP contribution in [-0.4, -0.2) is 61.4 Å². The van der Waals surface area contributed by atoms with Gasteiger partial charge in [0.25, 0.3) is 0 Å². The van der Waals surface area contributed by atoms with Crippen LogP contribution in [0.25, 0.3) is 0 Å². The summed E-state index contributed by atoms with van der Waals surface area (Å²) in [5, 5.41) is 3.33. The van der Waals surface area contributed by atoms with Crippen molar-refractivity contribution in [3.05, 3.63) is 59.7 Å². The second-order valence-electron chi connectivity index (χ2n) is 7.14. The van der Waals surface area contributed by atoms with E-state index in [0.29, 0.717) is 54.8 Å². The second-order valence-corrected chi connectivity index (χ2v) is 7.14. The topological polar surface area (TPSA) is 102 Å². The highest BCUT2D eigenvalue weighted by molar-refractivity contribution is 6.11. The van der Waals surface area contributed by atoms with Crippen molar-refractivity contribution >= 4 is 23.3 Å². The van der Waals surface area contributed by atoms with Crippen LogP contribution in [0.15, 0.2) is 53.4 Å². The van der Waals surface area contributed by atoms with Crippen molar-refractivity contribution in [2.45, 2.75) is 12.8 Å². The van der Waals surface area contributed by atoms with Crippen molar-refractivity contribution in [3.8, 4) is 11.5 Å². The first kappa shape index (κ1) is 21.4. The van der Waals surface area contributed by atoms with Crippen molar-refractivity contribution in [3.63, 3.8) is 0 Å². The number of allylic oxidation sites excluding steroid dienone is 1. The van der Waals surface area contributed by atoms with Gasteiger partial charge in [-0.1, -0.05) is 6.07 Å². The molecule has 9 heteroatoms. The van der Waals surface area contributed by atoms with Crippen LogP contribution in [0.4, 0.5) is 5.69 Å². The SMILES string of the molecule is COC(=O)CCCOc1ccc2c(c1OC)NC(=CC(=O)c1ccccn1)N1CCN=C21. The number of rotatable bonds is 8. The summed E-state index contributed by atoms with van der Waals surface area (Å²) in [7, 11) is 2.92. The molecule has 0 radical (unpaired) electrons. The lowest BCUT2D eigenvalue weighted by Gasteiger charge is -2.32. The highest BCUT2D eigenvalue weighted by Gasteiger charge is 2.33. The minimum Gasteiger partial charge on any atom is -0.491 e. The number of esters is 1.